The van der Waals surface area contributed by atoms with Crippen LogP contribution < -0.4 is 0 Å². The normalized spacial score (nSPS) is 20.5. The fourth-order valence-corrected chi connectivity index (χ4v) is 4.19. The molecule has 0 bridgehead atoms. The summed E-state index contributed by atoms with van der Waals surface area (Å²) in [5.41, 5.74) is 0.966. The van der Waals surface area contributed by atoms with E-state index in [0.717, 1.165) is 6.42 Å². The molecule has 1 fully saturated rings. The number of hydrogen-bond donors (Lipinski definition) is 0. The highest BCUT2D eigenvalue weighted by Gasteiger charge is 2.32. The third-order valence-electron chi connectivity index (χ3n) is 3.48. The second-order valence-corrected chi connectivity index (χ2v) is 6.69. The van der Waals surface area contributed by atoms with Crippen molar-refractivity contribution in [3.8, 4) is 6.07 Å². The Labute approximate surface area is 119 Å². The van der Waals surface area contributed by atoms with E-state index < -0.39 is 10.0 Å². The van der Waals surface area contributed by atoms with E-state index in [-0.39, 0.29) is 11.8 Å². The molecule has 0 amide bonds. The second-order valence-electron chi connectivity index (χ2n) is 4.77. The van der Waals surface area contributed by atoms with Crippen molar-refractivity contribution in [1.29, 1.82) is 5.26 Å². The summed E-state index contributed by atoms with van der Waals surface area (Å²) in [6.07, 6.45) is 0.721. The fourth-order valence-electron chi connectivity index (χ4n) is 2.36. The zero-order chi connectivity index (χ0) is 14.6. The van der Waals surface area contributed by atoms with Crippen molar-refractivity contribution in [3.05, 3.63) is 35.4 Å². The van der Waals surface area contributed by atoms with Gasteiger partial charge in [0.1, 0.15) is 0 Å². The Morgan fingerprint density at radius 1 is 1.45 bits per heavy atom. The molecule has 2 rings (SSSR count). The molecule has 0 spiro atoms. The number of benzene rings is 1. The van der Waals surface area contributed by atoms with Crippen molar-refractivity contribution in [2.75, 3.05) is 19.8 Å². The van der Waals surface area contributed by atoms with Crippen molar-refractivity contribution < 1.29 is 13.2 Å². The van der Waals surface area contributed by atoms with E-state index in [1.54, 1.807) is 24.3 Å². The summed E-state index contributed by atoms with van der Waals surface area (Å²) in [5.74, 6) is -0.132. The maximum Gasteiger partial charge on any atom is 0.218 e. The zero-order valence-corrected chi connectivity index (χ0v) is 12.3. The molecule has 0 radical (unpaired) electrons. The molecule has 5 nitrogen and oxygen atoms in total. The van der Waals surface area contributed by atoms with Gasteiger partial charge in [0, 0.05) is 12.6 Å². The van der Waals surface area contributed by atoms with Gasteiger partial charge in [-0.3, -0.25) is 0 Å². The van der Waals surface area contributed by atoms with Gasteiger partial charge in [-0.05, 0) is 18.1 Å². The third kappa shape index (κ3) is 3.18. The van der Waals surface area contributed by atoms with Crippen LogP contribution in [-0.2, 0) is 20.5 Å². The van der Waals surface area contributed by atoms with Gasteiger partial charge in [0.05, 0.1) is 30.6 Å². The second kappa shape index (κ2) is 6.35. The minimum Gasteiger partial charge on any atom is -0.378 e. The quantitative estimate of drug-likeness (QED) is 0.843. The van der Waals surface area contributed by atoms with Gasteiger partial charge in [0.15, 0.2) is 0 Å². The highest BCUT2D eigenvalue weighted by Crippen LogP contribution is 2.20. The molecule has 1 atom stereocenters. The van der Waals surface area contributed by atoms with Crippen LogP contribution in [0.4, 0.5) is 0 Å². The topological polar surface area (TPSA) is 70.4 Å². The van der Waals surface area contributed by atoms with Crippen LogP contribution in [0, 0.1) is 11.3 Å². The first kappa shape index (κ1) is 15.0. The van der Waals surface area contributed by atoms with Crippen LogP contribution in [0.2, 0.25) is 0 Å². The summed E-state index contributed by atoms with van der Waals surface area (Å²) in [4.78, 5) is 0. The largest absolute Gasteiger partial charge is 0.378 e. The minimum absolute atomic E-state index is 0.108. The Morgan fingerprint density at radius 2 is 2.20 bits per heavy atom. The van der Waals surface area contributed by atoms with Crippen LogP contribution in [0.3, 0.4) is 0 Å². The lowest BCUT2D eigenvalue weighted by Gasteiger charge is -2.34. The first-order chi connectivity index (χ1) is 9.58. The highest BCUT2D eigenvalue weighted by molar-refractivity contribution is 7.88. The Bertz CT molecular complexity index is 607. The van der Waals surface area contributed by atoms with Gasteiger partial charge in [-0.1, -0.05) is 25.1 Å². The molecule has 0 aromatic heterocycles. The van der Waals surface area contributed by atoms with Crippen molar-refractivity contribution in [2.45, 2.75) is 25.1 Å². The first-order valence-corrected chi connectivity index (χ1v) is 8.24. The van der Waals surface area contributed by atoms with E-state index in [1.165, 1.54) is 4.31 Å². The minimum atomic E-state index is -3.43. The molecule has 6 heteroatoms. The molecule has 1 unspecified atom stereocenters. The maximum atomic E-state index is 12.6. The van der Waals surface area contributed by atoms with Gasteiger partial charge in [-0.25, -0.2) is 8.42 Å². The van der Waals surface area contributed by atoms with E-state index in [9.17, 15) is 8.42 Å². The molecule has 1 aliphatic heterocycles. The van der Waals surface area contributed by atoms with E-state index in [1.807, 2.05) is 13.0 Å². The number of sulfonamides is 1. The lowest BCUT2D eigenvalue weighted by Crippen LogP contribution is -2.48. The average molecular weight is 294 g/mol. The van der Waals surface area contributed by atoms with Crippen molar-refractivity contribution in [1.82, 2.24) is 4.31 Å². The SMILES string of the molecule is CCC1COCCN1S(=O)(=O)Cc1ccccc1C#N. The summed E-state index contributed by atoms with van der Waals surface area (Å²) in [7, 11) is -3.43. The highest BCUT2D eigenvalue weighted by atomic mass is 32.2. The standard InChI is InChI=1S/C14H18N2O3S/c1-2-14-10-19-8-7-16(14)20(17,18)11-13-6-4-3-5-12(13)9-15/h3-6,14H,2,7-8,10-11H2,1H3. The molecule has 1 heterocycles. The predicted octanol–water partition coefficient (Wildman–Crippen LogP) is 1.50. The van der Waals surface area contributed by atoms with E-state index in [4.69, 9.17) is 10.00 Å². The monoisotopic (exact) mass is 294 g/mol. The average Bonchev–Trinajstić information content (AvgIpc) is 2.47. The Morgan fingerprint density at radius 3 is 2.90 bits per heavy atom. The third-order valence-corrected chi connectivity index (χ3v) is 5.35. The Kier molecular flexibility index (Phi) is 4.76. The summed E-state index contributed by atoms with van der Waals surface area (Å²) >= 11 is 0. The molecular weight excluding hydrogens is 276 g/mol. The first-order valence-electron chi connectivity index (χ1n) is 6.63. The van der Waals surface area contributed by atoms with Gasteiger partial charge < -0.3 is 4.74 Å². The van der Waals surface area contributed by atoms with Crippen LogP contribution in [0.15, 0.2) is 24.3 Å². The van der Waals surface area contributed by atoms with Gasteiger partial charge in [0.2, 0.25) is 10.0 Å². The summed E-state index contributed by atoms with van der Waals surface area (Å²) in [6, 6.07) is 8.75. The number of rotatable bonds is 4. The van der Waals surface area contributed by atoms with E-state index >= 15 is 0 Å². The Balaban J connectivity index is 2.24. The summed E-state index contributed by atoms with van der Waals surface area (Å²) < 4.78 is 32.0. The molecule has 1 aromatic rings. The van der Waals surface area contributed by atoms with E-state index in [2.05, 4.69) is 0 Å². The number of morpholine rings is 1. The molecule has 0 saturated carbocycles. The number of ether oxygens (including phenoxy) is 1. The van der Waals surface area contributed by atoms with Gasteiger partial charge in [-0.15, -0.1) is 0 Å². The number of hydrogen-bond acceptors (Lipinski definition) is 4. The molecule has 20 heavy (non-hydrogen) atoms. The molecule has 1 aromatic carbocycles. The van der Waals surface area contributed by atoms with Gasteiger partial charge in [-0.2, -0.15) is 9.57 Å². The van der Waals surface area contributed by atoms with Crippen LogP contribution in [0.1, 0.15) is 24.5 Å². The smallest absolute Gasteiger partial charge is 0.218 e. The lowest BCUT2D eigenvalue weighted by molar-refractivity contribution is 0.0313. The van der Waals surface area contributed by atoms with Crippen molar-refractivity contribution in [2.24, 2.45) is 0 Å². The summed E-state index contributed by atoms with van der Waals surface area (Å²) in [6.45, 7) is 3.20. The lowest BCUT2D eigenvalue weighted by atomic mass is 10.1. The Hall–Kier alpha value is -1.42. The van der Waals surface area contributed by atoms with Crippen LogP contribution in [0.5, 0.6) is 0 Å². The molecule has 1 aliphatic rings. The predicted molar refractivity (Wildman–Crippen MR) is 75.4 cm³/mol. The molecule has 0 aliphatic carbocycles. The zero-order valence-electron chi connectivity index (χ0n) is 11.4. The fraction of sp³-hybridized carbons (Fsp3) is 0.500. The van der Waals surface area contributed by atoms with Crippen LogP contribution in [-0.4, -0.2) is 38.5 Å². The van der Waals surface area contributed by atoms with Crippen molar-refractivity contribution in [3.63, 3.8) is 0 Å². The molecule has 1 saturated heterocycles. The molecule has 108 valence electrons. The maximum absolute atomic E-state index is 12.6. The van der Waals surface area contributed by atoms with Crippen LogP contribution in [0.25, 0.3) is 0 Å². The van der Waals surface area contributed by atoms with Crippen molar-refractivity contribution >= 4 is 10.0 Å². The summed E-state index contributed by atoms with van der Waals surface area (Å²) in [5, 5.41) is 9.05. The number of nitriles is 1. The van der Waals surface area contributed by atoms with Gasteiger partial charge in [0.25, 0.3) is 0 Å². The number of nitrogens with zero attached hydrogens (tertiary/aromatic N) is 2. The molecule has 0 N–H and O–H groups in total. The van der Waals surface area contributed by atoms with Crippen LogP contribution >= 0.6 is 0 Å². The van der Waals surface area contributed by atoms with Gasteiger partial charge >= 0.3 is 0 Å². The van der Waals surface area contributed by atoms with E-state index in [0.29, 0.717) is 30.9 Å². The molecular formula is C14H18N2O3S.